The predicted octanol–water partition coefficient (Wildman–Crippen LogP) is 24.4. The first-order valence-electron chi connectivity index (χ1n) is 41.0. The van der Waals surface area contributed by atoms with Crippen LogP contribution in [0.1, 0.15) is 272 Å². The van der Waals surface area contributed by atoms with Crippen molar-refractivity contribution < 1.29 is 80.2 Å². The van der Waals surface area contributed by atoms with Crippen molar-refractivity contribution in [3.8, 4) is 0 Å². The highest BCUT2D eigenvalue weighted by Crippen LogP contribution is 2.45. The number of carbonyl (C=O) groups excluding carboxylic acids is 4. The molecule has 0 amide bonds. The van der Waals surface area contributed by atoms with Crippen molar-refractivity contribution >= 4 is 39.5 Å². The lowest BCUT2D eigenvalue weighted by Crippen LogP contribution is -2.30. The Bertz CT molecular complexity index is 2950. The summed E-state index contributed by atoms with van der Waals surface area (Å²) in [4.78, 5) is 73.1. The molecule has 0 aromatic rings. The van der Waals surface area contributed by atoms with E-state index in [0.717, 1.165) is 186 Å². The van der Waals surface area contributed by atoms with Gasteiger partial charge in [-0.25, -0.2) is 9.13 Å². The highest BCUT2D eigenvalue weighted by Gasteiger charge is 2.30. The fourth-order valence-corrected chi connectivity index (χ4v) is 11.4. The Hall–Kier alpha value is -6.62. The first-order valence-corrected chi connectivity index (χ1v) is 44.0. The van der Waals surface area contributed by atoms with Crippen LogP contribution >= 0.6 is 15.6 Å². The van der Waals surface area contributed by atoms with Crippen molar-refractivity contribution in [1.82, 2.24) is 0 Å². The van der Waals surface area contributed by atoms with Crippen LogP contribution < -0.4 is 0 Å². The second kappa shape index (κ2) is 80.4. The van der Waals surface area contributed by atoms with E-state index in [1.807, 2.05) is 18.2 Å². The lowest BCUT2D eigenvalue weighted by molar-refractivity contribution is -0.161. The Labute approximate surface area is 664 Å². The summed E-state index contributed by atoms with van der Waals surface area (Å²) in [5.41, 5.74) is 0. The van der Waals surface area contributed by atoms with Crippen LogP contribution in [0.15, 0.2) is 219 Å². The van der Waals surface area contributed by atoms with Crippen LogP contribution in [-0.2, 0) is 65.4 Å². The maximum Gasteiger partial charge on any atom is 0.472 e. The van der Waals surface area contributed by atoms with Gasteiger partial charge in [-0.3, -0.25) is 37.3 Å². The molecule has 0 fully saturated rings. The zero-order valence-corrected chi connectivity index (χ0v) is 69.4. The van der Waals surface area contributed by atoms with Gasteiger partial charge < -0.3 is 33.8 Å². The van der Waals surface area contributed by atoms with E-state index in [2.05, 4.69) is 228 Å². The minimum atomic E-state index is -5.02. The summed E-state index contributed by atoms with van der Waals surface area (Å²) in [5, 5.41) is 10.7. The number of unbranched alkanes of at least 4 members (excludes halogenated alkanes) is 12. The molecular formula is C91H142O17P2. The molecule has 0 aromatic heterocycles. The van der Waals surface area contributed by atoms with Crippen molar-refractivity contribution in [3.05, 3.63) is 219 Å². The summed E-state index contributed by atoms with van der Waals surface area (Å²) in [7, 11) is -10.0. The fraction of sp³-hybridized carbons (Fsp3) is 0.560. The molecule has 17 nitrogen and oxygen atoms in total. The van der Waals surface area contributed by atoms with Crippen molar-refractivity contribution in [2.75, 3.05) is 39.6 Å². The third-order valence-corrected chi connectivity index (χ3v) is 17.8. The van der Waals surface area contributed by atoms with Crippen LogP contribution in [0.3, 0.4) is 0 Å². The second-order valence-corrected chi connectivity index (χ2v) is 29.1. The summed E-state index contributed by atoms with van der Waals surface area (Å²) in [5.74, 6) is -2.39. The third kappa shape index (κ3) is 79.5. The maximum atomic E-state index is 13.1. The molecule has 0 aliphatic carbocycles. The highest BCUT2D eigenvalue weighted by atomic mass is 31.2. The Morgan fingerprint density at radius 1 is 0.264 bits per heavy atom. The standard InChI is InChI=1S/C91H142O17P2/c1-5-9-13-17-21-25-29-33-36-39-42-45-48-52-55-59-63-67-71-75-88(93)101-81-86(107-90(95)77-73-69-65-61-57-51-32-28-24-20-16-12-8-4)83-105-109(97,98)103-79-85(92)80-104-110(99,100)106-84-87(108-91(96)78-74-70-66-62-58-54-50-47-44-41-38-35-31-27-23-19-15-11-7-3)82-102-89(94)76-72-68-64-60-56-53-49-46-43-40-37-34-30-26-22-18-14-10-6-2/h9-11,13-16,20-23,25-28,32-38,42-47,52-56,58,63,67,85-87,92H,5-8,12,17-19,24,29-31,39-41,48-51,57,59-62,64-66,68-84H2,1-4H3,(H,97,98)(H,99,100)/b13-9-,14-10-,15-11-,20-16-,25-21-,26-22-,27-23-,32-28-,36-33-,37-34-,38-35-,45-42-,46-43-,47-44-,55-52-,56-53-,58-54-,67-63-. The van der Waals surface area contributed by atoms with Crippen LogP contribution in [0.4, 0.5) is 0 Å². The van der Waals surface area contributed by atoms with E-state index in [9.17, 15) is 43.2 Å². The van der Waals surface area contributed by atoms with E-state index in [4.69, 9.17) is 37.0 Å². The molecule has 0 saturated carbocycles. The molecular weight excluding hydrogens is 1430 g/mol. The van der Waals surface area contributed by atoms with Crippen LogP contribution in [0.5, 0.6) is 0 Å². The third-order valence-electron chi connectivity index (χ3n) is 15.9. The normalized spacial score (nSPS) is 14.9. The molecule has 5 atom stereocenters. The Morgan fingerprint density at radius 3 is 0.791 bits per heavy atom. The molecule has 19 heteroatoms. The van der Waals surface area contributed by atoms with Gasteiger partial charge in [0.2, 0.25) is 0 Å². The molecule has 0 aliphatic heterocycles. The van der Waals surface area contributed by atoms with Crippen LogP contribution in [0, 0.1) is 0 Å². The number of aliphatic hydroxyl groups excluding tert-OH is 1. The summed E-state index contributed by atoms with van der Waals surface area (Å²) in [6.45, 7) is 4.25. The van der Waals surface area contributed by atoms with Gasteiger partial charge in [0.1, 0.15) is 19.3 Å². The molecule has 0 heterocycles. The molecule has 0 spiro atoms. The van der Waals surface area contributed by atoms with Crippen LogP contribution in [-0.4, -0.2) is 96.7 Å². The number of phosphoric ester groups is 2. The van der Waals surface area contributed by atoms with E-state index >= 15 is 0 Å². The van der Waals surface area contributed by atoms with Gasteiger partial charge >= 0.3 is 39.5 Å². The van der Waals surface area contributed by atoms with E-state index < -0.39 is 97.5 Å². The Balaban J connectivity index is 5.53. The Kier molecular flexibility index (Phi) is 75.6. The topological polar surface area (TPSA) is 237 Å². The lowest BCUT2D eigenvalue weighted by Gasteiger charge is -2.21. The number of aliphatic hydroxyl groups is 1. The summed E-state index contributed by atoms with van der Waals surface area (Å²) >= 11 is 0. The van der Waals surface area contributed by atoms with Crippen molar-refractivity contribution in [3.63, 3.8) is 0 Å². The largest absolute Gasteiger partial charge is 0.472 e. The molecule has 0 aromatic carbocycles. The lowest BCUT2D eigenvalue weighted by atomic mass is 10.1. The van der Waals surface area contributed by atoms with Crippen molar-refractivity contribution in [1.29, 1.82) is 0 Å². The van der Waals surface area contributed by atoms with Gasteiger partial charge in [-0.2, -0.15) is 0 Å². The molecule has 0 saturated heterocycles. The average molecular weight is 1570 g/mol. The predicted molar refractivity (Wildman–Crippen MR) is 454 cm³/mol. The maximum absolute atomic E-state index is 13.1. The van der Waals surface area contributed by atoms with Crippen molar-refractivity contribution in [2.24, 2.45) is 0 Å². The number of hydrogen-bond acceptors (Lipinski definition) is 15. The number of allylic oxidation sites excluding steroid dienone is 36. The van der Waals surface area contributed by atoms with E-state index in [-0.39, 0.29) is 25.7 Å². The van der Waals surface area contributed by atoms with Gasteiger partial charge in [-0.15, -0.1) is 0 Å². The minimum Gasteiger partial charge on any atom is -0.462 e. The Morgan fingerprint density at radius 2 is 0.491 bits per heavy atom. The first-order chi connectivity index (χ1) is 53.7. The SMILES string of the molecule is CC/C=C\C/C=C\C/C=C\C/C=C\C/C=C\C/C=C\CCC(=O)OCC(COP(=O)(O)OCC(O)COP(=O)(O)OCC(COC(=O)CCCCC/C=C\C/C=C\C/C=C\C/C=C\C/C=C\CC)OC(=O)CCCCC/C=C\C/C=C\C/C=C\C/C=C\C/C=C\CC)OC(=O)CCCCCCC/C=C\C/C=C\CCC. The quantitative estimate of drug-likeness (QED) is 0.0169. The van der Waals surface area contributed by atoms with Gasteiger partial charge in [0.25, 0.3) is 0 Å². The smallest absolute Gasteiger partial charge is 0.462 e. The minimum absolute atomic E-state index is 0.0231. The van der Waals surface area contributed by atoms with Gasteiger partial charge in [0.05, 0.1) is 26.4 Å². The number of phosphoric acid groups is 2. The number of ether oxygens (including phenoxy) is 4. The molecule has 110 heavy (non-hydrogen) atoms. The zero-order valence-electron chi connectivity index (χ0n) is 67.6. The van der Waals surface area contributed by atoms with E-state index in [0.29, 0.717) is 32.1 Å². The summed E-state index contributed by atoms with van der Waals surface area (Å²) < 4.78 is 68.5. The van der Waals surface area contributed by atoms with Gasteiger partial charge in [0.15, 0.2) is 12.2 Å². The number of esters is 4. The number of hydrogen-bond donors (Lipinski definition) is 3. The van der Waals surface area contributed by atoms with Crippen LogP contribution in [0.25, 0.3) is 0 Å². The average Bonchev–Trinajstić information content (AvgIpc) is 0.942. The highest BCUT2D eigenvalue weighted by molar-refractivity contribution is 7.47. The molecule has 0 rings (SSSR count). The number of rotatable bonds is 74. The van der Waals surface area contributed by atoms with Crippen LogP contribution in [0.2, 0.25) is 0 Å². The molecule has 0 aliphatic rings. The summed E-state index contributed by atoms with van der Waals surface area (Å²) in [6.07, 6.45) is 102. The molecule has 618 valence electrons. The van der Waals surface area contributed by atoms with Crippen molar-refractivity contribution in [2.45, 2.75) is 290 Å². The van der Waals surface area contributed by atoms with E-state index in [1.165, 1.54) is 0 Å². The second-order valence-electron chi connectivity index (χ2n) is 26.2. The monoisotopic (exact) mass is 1570 g/mol. The van der Waals surface area contributed by atoms with Gasteiger partial charge in [-0.05, 0) is 180 Å². The van der Waals surface area contributed by atoms with Gasteiger partial charge in [-0.1, -0.05) is 285 Å². The van der Waals surface area contributed by atoms with E-state index in [1.54, 1.807) is 0 Å². The first kappa shape index (κ1) is 103. The molecule has 0 bridgehead atoms. The number of carbonyl (C=O) groups is 4. The zero-order chi connectivity index (χ0) is 80.3. The summed E-state index contributed by atoms with van der Waals surface area (Å²) in [6, 6.07) is 0. The fourth-order valence-electron chi connectivity index (χ4n) is 9.81. The van der Waals surface area contributed by atoms with Gasteiger partial charge in [0, 0.05) is 25.7 Å². The molecule has 3 N–H and O–H groups in total. The molecule has 5 unspecified atom stereocenters. The molecule has 0 radical (unpaired) electrons.